The first-order valence-electron chi connectivity index (χ1n) is 13.9. The Labute approximate surface area is 210 Å². The van der Waals surface area contributed by atoms with E-state index < -0.39 is 6.10 Å². The minimum absolute atomic E-state index is 0.0277. The van der Waals surface area contributed by atoms with Crippen molar-refractivity contribution >= 4 is 5.78 Å². The second-order valence-corrected chi connectivity index (χ2v) is 13.0. The van der Waals surface area contributed by atoms with Crippen LogP contribution in [0.25, 0.3) is 0 Å². The average molecular weight is 485 g/mol. The SMILES string of the molecule is CC(CCC(=O)c1ccccc1O)C1CCC2C3C(O)CC4CC(O)CCC4(C)C3CC(O)C12C. The molecule has 0 radical (unpaired) electrons. The number of aliphatic hydroxyl groups is 3. The van der Waals surface area contributed by atoms with Gasteiger partial charge in [0.15, 0.2) is 5.78 Å². The minimum atomic E-state index is -0.410. The monoisotopic (exact) mass is 484 g/mol. The molecule has 0 heterocycles. The van der Waals surface area contributed by atoms with Crippen molar-refractivity contribution in [1.82, 2.24) is 0 Å². The third kappa shape index (κ3) is 3.97. The van der Waals surface area contributed by atoms with Crippen molar-refractivity contribution in [2.24, 2.45) is 46.3 Å². The number of carbonyl (C=O) groups excluding carboxylic acids is 1. The molecule has 1 aromatic rings. The number of phenols is 1. The summed E-state index contributed by atoms with van der Waals surface area (Å²) in [6.45, 7) is 6.83. The Balaban J connectivity index is 1.33. The van der Waals surface area contributed by atoms with Gasteiger partial charge in [0, 0.05) is 6.42 Å². The third-order valence-corrected chi connectivity index (χ3v) is 11.6. The summed E-state index contributed by atoms with van der Waals surface area (Å²) in [7, 11) is 0. The lowest BCUT2D eigenvalue weighted by molar-refractivity contribution is -0.207. The molecule has 0 bridgehead atoms. The Morgan fingerprint density at radius 3 is 2.51 bits per heavy atom. The molecular formula is C30H44O5. The van der Waals surface area contributed by atoms with Gasteiger partial charge in [0.2, 0.25) is 0 Å². The maximum absolute atomic E-state index is 12.8. The molecule has 4 aliphatic carbocycles. The lowest BCUT2D eigenvalue weighted by Crippen LogP contribution is -2.62. The smallest absolute Gasteiger partial charge is 0.166 e. The van der Waals surface area contributed by atoms with Crippen LogP contribution in [0.1, 0.15) is 88.9 Å². The topological polar surface area (TPSA) is 98.0 Å². The molecule has 4 saturated carbocycles. The zero-order valence-electron chi connectivity index (χ0n) is 21.6. The molecule has 0 aliphatic heterocycles. The highest BCUT2D eigenvalue weighted by atomic mass is 16.3. The Bertz CT molecular complexity index is 946. The Morgan fingerprint density at radius 1 is 1.03 bits per heavy atom. The fourth-order valence-corrected chi connectivity index (χ4v) is 9.54. The molecule has 0 spiro atoms. The molecule has 4 fully saturated rings. The first-order valence-corrected chi connectivity index (χ1v) is 13.9. The van der Waals surface area contributed by atoms with E-state index in [1.807, 2.05) is 0 Å². The zero-order valence-corrected chi connectivity index (χ0v) is 21.6. The van der Waals surface area contributed by atoms with E-state index in [1.54, 1.807) is 24.3 Å². The molecule has 11 atom stereocenters. The highest BCUT2D eigenvalue weighted by molar-refractivity contribution is 5.98. The largest absolute Gasteiger partial charge is 0.507 e. The molecule has 1 aromatic carbocycles. The van der Waals surface area contributed by atoms with Crippen molar-refractivity contribution in [2.75, 3.05) is 0 Å². The molecule has 0 saturated heterocycles. The molecule has 4 aliphatic rings. The number of benzene rings is 1. The molecule has 0 aromatic heterocycles. The van der Waals surface area contributed by atoms with Gasteiger partial charge in [-0.05, 0) is 110 Å². The normalized spacial score (nSPS) is 45.8. The van der Waals surface area contributed by atoms with E-state index in [9.17, 15) is 25.2 Å². The lowest BCUT2D eigenvalue weighted by atomic mass is 9.43. The quantitative estimate of drug-likeness (QED) is 0.443. The molecule has 5 heteroatoms. The van der Waals surface area contributed by atoms with Gasteiger partial charge in [0.1, 0.15) is 5.75 Å². The van der Waals surface area contributed by atoms with Gasteiger partial charge >= 0.3 is 0 Å². The maximum Gasteiger partial charge on any atom is 0.166 e. The van der Waals surface area contributed by atoms with Crippen LogP contribution in [0.5, 0.6) is 5.75 Å². The van der Waals surface area contributed by atoms with Crippen molar-refractivity contribution in [3.05, 3.63) is 29.8 Å². The van der Waals surface area contributed by atoms with E-state index in [0.29, 0.717) is 29.7 Å². The van der Waals surface area contributed by atoms with Crippen molar-refractivity contribution in [2.45, 2.75) is 96.9 Å². The number of ketones is 1. The molecular weight excluding hydrogens is 440 g/mol. The number of Topliss-reactive ketones (excluding diaryl/α,β-unsaturated/α-hetero) is 1. The summed E-state index contributed by atoms with van der Waals surface area (Å²) < 4.78 is 0. The number of aromatic hydroxyl groups is 1. The molecule has 0 amide bonds. The van der Waals surface area contributed by atoms with E-state index in [2.05, 4.69) is 20.8 Å². The number of phenolic OH excluding ortho intramolecular Hbond substituents is 1. The molecule has 5 nitrogen and oxygen atoms in total. The van der Waals surface area contributed by atoms with E-state index in [-0.39, 0.29) is 52.3 Å². The van der Waals surface area contributed by atoms with Crippen molar-refractivity contribution in [3.63, 3.8) is 0 Å². The second-order valence-electron chi connectivity index (χ2n) is 13.0. The summed E-state index contributed by atoms with van der Waals surface area (Å²) in [6, 6.07) is 6.75. The highest BCUT2D eigenvalue weighted by Crippen LogP contribution is 2.68. The summed E-state index contributed by atoms with van der Waals surface area (Å²) in [4.78, 5) is 12.8. The van der Waals surface area contributed by atoms with Crippen LogP contribution in [0.15, 0.2) is 24.3 Å². The van der Waals surface area contributed by atoms with Crippen molar-refractivity contribution < 1.29 is 25.2 Å². The number of aliphatic hydroxyl groups excluding tert-OH is 3. The molecule has 5 rings (SSSR count). The lowest BCUT2D eigenvalue weighted by Gasteiger charge is -2.63. The summed E-state index contributed by atoms with van der Waals surface area (Å²) in [6.07, 6.45) is 6.24. The third-order valence-electron chi connectivity index (χ3n) is 11.6. The number of fused-ring (bicyclic) bond motifs is 5. The van der Waals surface area contributed by atoms with Crippen molar-refractivity contribution in [3.8, 4) is 5.75 Å². The van der Waals surface area contributed by atoms with Crippen LogP contribution < -0.4 is 0 Å². The summed E-state index contributed by atoms with van der Waals surface area (Å²) in [5.41, 5.74) is 0.220. The van der Waals surface area contributed by atoms with Crippen LogP contribution in [0.3, 0.4) is 0 Å². The van der Waals surface area contributed by atoms with Crippen LogP contribution in [-0.2, 0) is 0 Å². The standard InChI is InChI=1S/C30H44O5/c1-17(8-11-25(33)20-6-4-5-7-24(20)32)21-9-10-22-28-23(16-27(35)30(21,22)3)29(2)13-12-19(31)14-18(29)15-26(28)34/h4-7,17-19,21-23,26-28,31-32,34-35H,8-16H2,1-3H3. The Kier molecular flexibility index (Phi) is 6.59. The van der Waals surface area contributed by atoms with E-state index in [1.165, 1.54) is 0 Å². The predicted octanol–water partition coefficient (Wildman–Crippen LogP) is 4.95. The van der Waals surface area contributed by atoms with Crippen LogP contribution in [0, 0.1) is 46.3 Å². The summed E-state index contributed by atoms with van der Waals surface area (Å²) in [5.74, 6) is 1.73. The zero-order chi connectivity index (χ0) is 25.1. The Hall–Kier alpha value is -1.43. The fraction of sp³-hybridized carbons (Fsp3) is 0.767. The molecule has 194 valence electrons. The number of hydrogen-bond acceptors (Lipinski definition) is 5. The van der Waals surface area contributed by atoms with E-state index in [4.69, 9.17) is 0 Å². The molecule has 11 unspecified atom stereocenters. The number of rotatable bonds is 5. The summed E-state index contributed by atoms with van der Waals surface area (Å²) >= 11 is 0. The maximum atomic E-state index is 12.8. The highest BCUT2D eigenvalue weighted by Gasteiger charge is 2.65. The van der Waals surface area contributed by atoms with Gasteiger partial charge in [-0.3, -0.25) is 4.79 Å². The van der Waals surface area contributed by atoms with Crippen LogP contribution in [0.2, 0.25) is 0 Å². The first-order chi connectivity index (χ1) is 16.6. The van der Waals surface area contributed by atoms with E-state index in [0.717, 1.165) is 51.4 Å². The second kappa shape index (κ2) is 9.15. The van der Waals surface area contributed by atoms with Gasteiger partial charge in [0.05, 0.1) is 23.9 Å². The molecule has 4 N–H and O–H groups in total. The fourth-order valence-electron chi connectivity index (χ4n) is 9.54. The number of para-hydroxylation sites is 1. The first kappa shape index (κ1) is 25.2. The van der Waals surface area contributed by atoms with Crippen LogP contribution in [-0.4, -0.2) is 44.5 Å². The van der Waals surface area contributed by atoms with Gasteiger partial charge in [-0.25, -0.2) is 0 Å². The van der Waals surface area contributed by atoms with Crippen LogP contribution >= 0.6 is 0 Å². The number of carbonyl (C=O) groups is 1. The van der Waals surface area contributed by atoms with Gasteiger partial charge in [-0.15, -0.1) is 0 Å². The molecule has 35 heavy (non-hydrogen) atoms. The van der Waals surface area contributed by atoms with Gasteiger partial charge in [-0.2, -0.15) is 0 Å². The minimum Gasteiger partial charge on any atom is -0.507 e. The number of hydrogen-bond donors (Lipinski definition) is 4. The average Bonchev–Trinajstić information content (AvgIpc) is 3.18. The van der Waals surface area contributed by atoms with E-state index >= 15 is 0 Å². The van der Waals surface area contributed by atoms with Gasteiger partial charge in [0.25, 0.3) is 0 Å². The van der Waals surface area contributed by atoms with Gasteiger partial charge < -0.3 is 20.4 Å². The van der Waals surface area contributed by atoms with Crippen LogP contribution in [0.4, 0.5) is 0 Å². The van der Waals surface area contributed by atoms with Crippen molar-refractivity contribution in [1.29, 1.82) is 0 Å². The Morgan fingerprint density at radius 2 is 1.77 bits per heavy atom. The summed E-state index contributed by atoms with van der Waals surface area (Å²) in [5, 5.41) is 43.5. The predicted molar refractivity (Wildman–Crippen MR) is 135 cm³/mol. The van der Waals surface area contributed by atoms with Gasteiger partial charge in [-0.1, -0.05) is 32.9 Å².